The van der Waals surface area contributed by atoms with Crippen LogP contribution in [0.5, 0.6) is 5.75 Å². The Morgan fingerprint density at radius 3 is 2.27 bits per heavy atom. The van der Waals surface area contributed by atoms with E-state index in [4.69, 9.17) is 4.74 Å². The molecule has 3 N–H and O–H groups in total. The monoisotopic (exact) mass is 557 g/mol. The quantitative estimate of drug-likeness (QED) is 0.350. The van der Waals surface area contributed by atoms with Gasteiger partial charge in [0.1, 0.15) is 5.75 Å². The summed E-state index contributed by atoms with van der Waals surface area (Å²) in [5.74, 6) is -0.858. The fourth-order valence-corrected chi connectivity index (χ4v) is 3.24. The van der Waals surface area contributed by atoms with E-state index < -0.39 is 5.91 Å². The second kappa shape index (κ2) is 12.0. The van der Waals surface area contributed by atoms with Crippen molar-refractivity contribution < 1.29 is 19.1 Å². The van der Waals surface area contributed by atoms with Crippen molar-refractivity contribution in [3.05, 3.63) is 93.1 Å². The van der Waals surface area contributed by atoms with Gasteiger partial charge in [-0.2, -0.15) is 0 Å². The van der Waals surface area contributed by atoms with Crippen molar-refractivity contribution in [2.24, 2.45) is 0 Å². The minimum absolute atomic E-state index is 0.174. The van der Waals surface area contributed by atoms with E-state index in [2.05, 4.69) is 38.5 Å². The molecule has 0 fully saturated rings. The van der Waals surface area contributed by atoms with E-state index in [1.54, 1.807) is 36.4 Å². The molecular weight excluding hydrogens is 533 g/mol. The summed E-state index contributed by atoms with van der Waals surface area (Å²) in [4.78, 5) is 36.9. The van der Waals surface area contributed by atoms with Crippen molar-refractivity contribution in [2.75, 3.05) is 18.5 Å². The van der Waals surface area contributed by atoms with Gasteiger partial charge in [-0.05, 0) is 71.5 Å². The summed E-state index contributed by atoms with van der Waals surface area (Å²) in [6.45, 7) is 1.94. The molecule has 0 aliphatic heterocycles. The molecule has 33 heavy (non-hydrogen) atoms. The van der Waals surface area contributed by atoms with Gasteiger partial charge in [-0.15, -0.1) is 0 Å². The molecule has 0 aliphatic rings. The summed E-state index contributed by atoms with van der Waals surface area (Å²) in [6, 6.07) is 21.8. The van der Waals surface area contributed by atoms with Gasteiger partial charge in [0.15, 0.2) is 6.61 Å². The minimum atomic E-state index is -0.464. The van der Waals surface area contributed by atoms with E-state index in [1.165, 1.54) is 0 Å². The van der Waals surface area contributed by atoms with Crippen molar-refractivity contribution in [3.63, 3.8) is 0 Å². The first kappa shape index (κ1) is 24.2. The molecule has 0 heterocycles. The fraction of sp³-hybridized carbons (Fsp3) is 0.160. The minimum Gasteiger partial charge on any atom is -0.483 e. The van der Waals surface area contributed by atoms with Crippen LogP contribution in [-0.4, -0.2) is 30.9 Å². The molecule has 7 nitrogen and oxygen atoms in total. The maximum absolute atomic E-state index is 12.6. The van der Waals surface area contributed by atoms with Crippen molar-refractivity contribution in [1.82, 2.24) is 10.6 Å². The van der Waals surface area contributed by atoms with Gasteiger partial charge >= 0.3 is 0 Å². The van der Waals surface area contributed by atoms with Crippen LogP contribution in [-0.2, 0) is 16.1 Å². The third-order valence-electron chi connectivity index (χ3n) is 4.64. The second-order valence-corrected chi connectivity index (χ2v) is 8.53. The number of carbonyl (C=O) groups excluding carboxylic acids is 3. The van der Waals surface area contributed by atoms with Crippen LogP contribution < -0.4 is 20.7 Å². The van der Waals surface area contributed by atoms with Crippen LogP contribution in [0.1, 0.15) is 21.5 Å². The van der Waals surface area contributed by atoms with Crippen LogP contribution in [0, 0.1) is 10.5 Å². The Balaban J connectivity index is 1.48. The number of hydrogen-bond donors (Lipinski definition) is 3. The number of ether oxygens (including phenoxy) is 1. The Hall–Kier alpha value is -3.40. The van der Waals surface area contributed by atoms with E-state index >= 15 is 0 Å². The number of carbonyl (C=O) groups is 3. The van der Waals surface area contributed by atoms with E-state index in [1.807, 2.05) is 43.3 Å². The van der Waals surface area contributed by atoms with Gasteiger partial charge in [-0.25, -0.2) is 0 Å². The molecule has 0 saturated carbocycles. The Morgan fingerprint density at radius 2 is 1.55 bits per heavy atom. The molecule has 170 valence electrons. The Kier molecular flexibility index (Phi) is 8.82. The van der Waals surface area contributed by atoms with E-state index in [0.717, 1.165) is 14.7 Å². The highest BCUT2D eigenvalue weighted by Gasteiger charge is 2.14. The van der Waals surface area contributed by atoms with Gasteiger partial charge in [0.2, 0.25) is 5.91 Å². The number of hydrogen-bond acceptors (Lipinski definition) is 4. The predicted molar refractivity (Wildman–Crippen MR) is 135 cm³/mol. The lowest BCUT2D eigenvalue weighted by Crippen LogP contribution is -2.36. The van der Waals surface area contributed by atoms with Crippen LogP contribution in [0.25, 0.3) is 0 Å². The molecule has 3 rings (SSSR count). The third kappa shape index (κ3) is 7.90. The lowest BCUT2D eigenvalue weighted by molar-refractivity contribution is -0.120. The van der Waals surface area contributed by atoms with E-state index in [0.29, 0.717) is 12.2 Å². The molecule has 0 bridgehead atoms. The molecular formula is C25H24IN3O4. The molecule has 0 spiro atoms. The van der Waals surface area contributed by atoms with Crippen molar-refractivity contribution in [2.45, 2.75) is 13.5 Å². The summed E-state index contributed by atoms with van der Waals surface area (Å²) in [5, 5.41) is 8.09. The zero-order valence-electron chi connectivity index (χ0n) is 18.1. The maximum atomic E-state index is 12.6. The number of aryl methyl sites for hydroxylation is 1. The summed E-state index contributed by atoms with van der Waals surface area (Å²) < 4.78 is 6.62. The number of halogens is 1. The van der Waals surface area contributed by atoms with Crippen LogP contribution in [0.15, 0.2) is 72.8 Å². The van der Waals surface area contributed by atoms with Gasteiger partial charge in [-0.3, -0.25) is 14.4 Å². The standard InChI is InChI=1S/C25H24IN3O4/c1-17-6-8-18(9-7-17)14-27-23(30)15-28-25(32)21-4-2-3-5-22(21)33-16-24(31)29-20-12-10-19(26)11-13-20/h2-13H,14-16H2,1H3,(H,27,30)(H,28,32)(H,29,31). The van der Waals surface area contributed by atoms with E-state index in [-0.39, 0.29) is 36.3 Å². The molecule has 0 aliphatic carbocycles. The smallest absolute Gasteiger partial charge is 0.262 e. The molecule has 3 aromatic rings. The van der Waals surface area contributed by atoms with Gasteiger partial charge in [0.25, 0.3) is 11.8 Å². The number of benzene rings is 3. The lowest BCUT2D eigenvalue weighted by Gasteiger charge is -2.12. The first-order chi connectivity index (χ1) is 15.9. The Labute approximate surface area is 206 Å². The molecule has 0 unspecified atom stereocenters. The molecule has 0 atom stereocenters. The number of nitrogens with one attached hydrogen (secondary N) is 3. The molecule has 0 saturated heterocycles. The third-order valence-corrected chi connectivity index (χ3v) is 5.36. The summed E-state index contributed by atoms with van der Waals surface area (Å²) in [6.07, 6.45) is 0. The van der Waals surface area contributed by atoms with Gasteiger partial charge < -0.3 is 20.7 Å². The highest BCUT2D eigenvalue weighted by Crippen LogP contribution is 2.18. The van der Waals surface area contributed by atoms with Crippen molar-refractivity contribution >= 4 is 46.0 Å². The van der Waals surface area contributed by atoms with E-state index in [9.17, 15) is 14.4 Å². The van der Waals surface area contributed by atoms with Gasteiger partial charge in [0, 0.05) is 15.8 Å². The SMILES string of the molecule is Cc1ccc(CNC(=O)CNC(=O)c2ccccc2OCC(=O)Nc2ccc(I)cc2)cc1. The van der Waals surface area contributed by atoms with Crippen LogP contribution in [0.4, 0.5) is 5.69 Å². The zero-order valence-corrected chi connectivity index (χ0v) is 20.2. The number of amides is 3. The Bertz CT molecular complexity index is 1120. The summed E-state index contributed by atoms with van der Waals surface area (Å²) >= 11 is 2.18. The molecule has 3 amide bonds. The Morgan fingerprint density at radius 1 is 0.848 bits per heavy atom. The predicted octanol–water partition coefficient (Wildman–Crippen LogP) is 3.66. The highest BCUT2D eigenvalue weighted by molar-refractivity contribution is 14.1. The second-order valence-electron chi connectivity index (χ2n) is 7.28. The number of anilines is 1. The number of para-hydroxylation sites is 1. The lowest BCUT2D eigenvalue weighted by atomic mass is 10.1. The summed E-state index contributed by atoms with van der Waals surface area (Å²) in [5.41, 5.74) is 3.02. The van der Waals surface area contributed by atoms with Crippen LogP contribution >= 0.6 is 22.6 Å². The average molecular weight is 557 g/mol. The average Bonchev–Trinajstić information content (AvgIpc) is 2.82. The molecule has 0 aromatic heterocycles. The fourth-order valence-electron chi connectivity index (χ4n) is 2.88. The van der Waals surface area contributed by atoms with Gasteiger partial charge in [0.05, 0.1) is 12.1 Å². The normalized spacial score (nSPS) is 10.2. The highest BCUT2D eigenvalue weighted by atomic mass is 127. The van der Waals surface area contributed by atoms with Crippen molar-refractivity contribution in [3.8, 4) is 5.75 Å². The number of rotatable bonds is 9. The molecule has 3 aromatic carbocycles. The van der Waals surface area contributed by atoms with Crippen LogP contribution in [0.3, 0.4) is 0 Å². The van der Waals surface area contributed by atoms with Crippen LogP contribution in [0.2, 0.25) is 0 Å². The largest absolute Gasteiger partial charge is 0.483 e. The topological polar surface area (TPSA) is 96.5 Å². The van der Waals surface area contributed by atoms with Gasteiger partial charge in [-0.1, -0.05) is 42.0 Å². The maximum Gasteiger partial charge on any atom is 0.262 e. The molecule has 0 radical (unpaired) electrons. The molecule has 8 heteroatoms. The first-order valence-electron chi connectivity index (χ1n) is 10.3. The van der Waals surface area contributed by atoms with Crippen molar-refractivity contribution in [1.29, 1.82) is 0 Å². The zero-order chi connectivity index (χ0) is 23.6. The summed E-state index contributed by atoms with van der Waals surface area (Å²) in [7, 11) is 0. The first-order valence-corrected chi connectivity index (χ1v) is 11.4.